The highest BCUT2D eigenvalue weighted by Gasteiger charge is 2.25. The van der Waals surface area contributed by atoms with Crippen LogP contribution >= 0.6 is 27.5 Å². The highest BCUT2D eigenvalue weighted by Crippen LogP contribution is 2.38. The average Bonchev–Trinajstić information content (AvgIpc) is 2.08. The van der Waals surface area contributed by atoms with Crippen LogP contribution in [0.3, 0.4) is 0 Å². The van der Waals surface area contributed by atoms with Crippen molar-refractivity contribution in [1.29, 1.82) is 0 Å². The van der Waals surface area contributed by atoms with Gasteiger partial charge in [0.25, 0.3) is 0 Å². The molecule has 76 valence electrons. The van der Waals surface area contributed by atoms with Crippen molar-refractivity contribution < 1.29 is 4.74 Å². The van der Waals surface area contributed by atoms with Crippen LogP contribution in [0.4, 0.5) is 0 Å². The van der Waals surface area contributed by atoms with Crippen LogP contribution in [0.2, 0.25) is 5.02 Å². The van der Waals surface area contributed by atoms with E-state index in [1.54, 1.807) is 0 Å². The maximum absolute atomic E-state index is 6.11. The molecule has 1 aliphatic heterocycles. The Morgan fingerprint density at radius 2 is 2.14 bits per heavy atom. The molecule has 2 rings (SSSR count). The van der Waals surface area contributed by atoms with E-state index in [-0.39, 0.29) is 6.10 Å². The summed E-state index contributed by atoms with van der Waals surface area (Å²) in [5.74, 6) is 1.41. The minimum atomic E-state index is 0.251. The molecule has 3 heteroatoms. The smallest absolute Gasteiger partial charge is 0.141 e. The van der Waals surface area contributed by atoms with Crippen molar-refractivity contribution in [3.8, 4) is 5.75 Å². The molecule has 0 aliphatic carbocycles. The summed E-state index contributed by atoms with van der Waals surface area (Å²) in [6, 6.07) is 3.96. The molecule has 2 atom stereocenters. The van der Waals surface area contributed by atoms with Gasteiger partial charge in [0.15, 0.2) is 0 Å². The van der Waals surface area contributed by atoms with Gasteiger partial charge in [-0.15, -0.1) is 0 Å². The van der Waals surface area contributed by atoms with E-state index in [1.807, 2.05) is 6.07 Å². The van der Waals surface area contributed by atoms with Crippen LogP contribution in [-0.2, 0) is 6.42 Å². The fourth-order valence-corrected chi connectivity index (χ4v) is 2.63. The Labute approximate surface area is 97.5 Å². The molecule has 0 saturated carbocycles. The molecular formula is C11H12BrClO. The zero-order valence-corrected chi connectivity index (χ0v) is 10.5. The lowest BCUT2D eigenvalue weighted by Crippen LogP contribution is -2.28. The summed E-state index contributed by atoms with van der Waals surface area (Å²) in [6.07, 6.45) is 1.29. The van der Waals surface area contributed by atoms with Crippen molar-refractivity contribution in [2.45, 2.75) is 26.4 Å². The molecule has 14 heavy (non-hydrogen) atoms. The van der Waals surface area contributed by atoms with Gasteiger partial charge in [-0.05, 0) is 37.0 Å². The monoisotopic (exact) mass is 274 g/mol. The molecule has 2 unspecified atom stereocenters. The van der Waals surface area contributed by atoms with Crippen LogP contribution in [0, 0.1) is 5.92 Å². The first-order chi connectivity index (χ1) is 6.58. The van der Waals surface area contributed by atoms with E-state index in [2.05, 4.69) is 35.8 Å². The van der Waals surface area contributed by atoms with Gasteiger partial charge >= 0.3 is 0 Å². The third-order valence-electron chi connectivity index (χ3n) is 2.73. The van der Waals surface area contributed by atoms with Gasteiger partial charge < -0.3 is 4.74 Å². The van der Waals surface area contributed by atoms with Crippen molar-refractivity contribution >= 4 is 27.5 Å². The topological polar surface area (TPSA) is 9.23 Å². The van der Waals surface area contributed by atoms with Crippen LogP contribution in [0.5, 0.6) is 5.75 Å². The lowest BCUT2D eigenvalue weighted by Gasteiger charge is -2.29. The molecule has 1 nitrogen and oxygen atoms in total. The van der Waals surface area contributed by atoms with E-state index >= 15 is 0 Å². The fraction of sp³-hybridized carbons (Fsp3) is 0.455. The van der Waals surface area contributed by atoms with Crippen LogP contribution in [0.15, 0.2) is 16.6 Å². The number of benzene rings is 1. The molecule has 1 heterocycles. The predicted octanol–water partition coefficient (Wildman–Crippen LogP) is 4.06. The van der Waals surface area contributed by atoms with Crippen LogP contribution in [0.25, 0.3) is 0 Å². The predicted molar refractivity (Wildman–Crippen MR) is 62.1 cm³/mol. The van der Waals surface area contributed by atoms with E-state index < -0.39 is 0 Å². The zero-order valence-electron chi connectivity index (χ0n) is 8.18. The van der Waals surface area contributed by atoms with Gasteiger partial charge in [-0.25, -0.2) is 0 Å². The maximum atomic E-state index is 6.11. The van der Waals surface area contributed by atoms with E-state index in [0.717, 1.165) is 16.6 Å². The Morgan fingerprint density at radius 3 is 2.86 bits per heavy atom. The number of rotatable bonds is 0. The number of halogens is 2. The molecular weight excluding hydrogens is 263 g/mol. The van der Waals surface area contributed by atoms with E-state index in [0.29, 0.717) is 10.9 Å². The molecule has 0 aromatic heterocycles. The van der Waals surface area contributed by atoms with Gasteiger partial charge in [-0.2, -0.15) is 0 Å². The number of hydrogen-bond donors (Lipinski definition) is 0. The number of hydrogen-bond acceptors (Lipinski definition) is 1. The average molecular weight is 276 g/mol. The van der Waals surface area contributed by atoms with Crippen LogP contribution in [0.1, 0.15) is 19.4 Å². The summed E-state index contributed by atoms with van der Waals surface area (Å²) in [5, 5.41) is 0.702. The molecule has 0 spiro atoms. The largest absolute Gasteiger partial charge is 0.489 e. The summed E-state index contributed by atoms with van der Waals surface area (Å²) < 4.78 is 6.80. The molecule has 0 fully saturated rings. The maximum Gasteiger partial charge on any atom is 0.141 e. The van der Waals surface area contributed by atoms with Crippen molar-refractivity contribution in [2.75, 3.05) is 0 Å². The molecule has 0 amide bonds. The summed E-state index contributed by atoms with van der Waals surface area (Å²) in [7, 11) is 0. The van der Waals surface area contributed by atoms with E-state index in [4.69, 9.17) is 16.3 Å². The third kappa shape index (κ3) is 1.78. The van der Waals surface area contributed by atoms with Crippen molar-refractivity contribution in [1.82, 2.24) is 0 Å². The van der Waals surface area contributed by atoms with Gasteiger partial charge in [-0.1, -0.05) is 34.5 Å². The minimum Gasteiger partial charge on any atom is -0.489 e. The van der Waals surface area contributed by atoms with Crippen LogP contribution in [-0.4, -0.2) is 6.10 Å². The Kier molecular flexibility index (Phi) is 2.76. The summed E-state index contributed by atoms with van der Waals surface area (Å²) in [6.45, 7) is 4.29. The van der Waals surface area contributed by atoms with Crippen molar-refractivity contribution in [3.63, 3.8) is 0 Å². The Bertz CT molecular complexity index is 365. The second-order valence-corrected chi connectivity index (χ2v) is 5.20. The van der Waals surface area contributed by atoms with Crippen LogP contribution < -0.4 is 4.74 Å². The standard InChI is InChI=1S/C11H12BrClO/c1-6-3-8-4-9(12)5-10(13)11(8)14-7(6)2/h4-7H,3H2,1-2H3. The van der Waals surface area contributed by atoms with E-state index in [1.165, 1.54) is 5.56 Å². The first-order valence-electron chi connectivity index (χ1n) is 4.72. The Morgan fingerprint density at radius 1 is 1.43 bits per heavy atom. The highest BCUT2D eigenvalue weighted by molar-refractivity contribution is 9.10. The normalized spacial score (nSPS) is 25.4. The van der Waals surface area contributed by atoms with E-state index in [9.17, 15) is 0 Å². The molecule has 0 radical (unpaired) electrons. The first-order valence-corrected chi connectivity index (χ1v) is 5.89. The van der Waals surface area contributed by atoms with Crippen molar-refractivity contribution in [2.24, 2.45) is 5.92 Å². The van der Waals surface area contributed by atoms with Gasteiger partial charge in [0.05, 0.1) is 11.1 Å². The summed E-state index contributed by atoms with van der Waals surface area (Å²) >= 11 is 9.54. The van der Waals surface area contributed by atoms with Crippen molar-refractivity contribution in [3.05, 3.63) is 27.2 Å². The van der Waals surface area contributed by atoms with Gasteiger partial charge in [0.2, 0.25) is 0 Å². The second kappa shape index (κ2) is 3.74. The second-order valence-electron chi connectivity index (χ2n) is 3.88. The first kappa shape index (κ1) is 10.3. The molecule has 1 aromatic rings. The third-order valence-corrected chi connectivity index (χ3v) is 3.47. The zero-order chi connectivity index (χ0) is 10.3. The molecule has 0 N–H and O–H groups in total. The summed E-state index contributed by atoms with van der Waals surface area (Å²) in [4.78, 5) is 0. The quantitative estimate of drug-likeness (QED) is 0.694. The number of fused-ring (bicyclic) bond motifs is 1. The SMILES string of the molecule is CC1Cc2cc(Br)cc(Cl)c2OC1C. The molecule has 1 aromatic carbocycles. The lowest BCUT2D eigenvalue weighted by molar-refractivity contribution is 0.140. The fourth-order valence-electron chi connectivity index (χ4n) is 1.71. The number of ether oxygens (including phenoxy) is 1. The lowest BCUT2D eigenvalue weighted by atomic mass is 9.93. The Balaban J connectivity index is 2.46. The minimum absolute atomic E-state index is 0.251. The highest BCUT2D eigenvalue weighted by atomic mass is 79.9. The summed E-state index contributed by atoms with van der Waals surface area (Å²) in [5.41, 5.74) is 1.20. The molecule has 0 bridgehead atoms. The molecule has 0 saturated heterocycles. The van der Waals surface area contributed by atoms with Gasteiger partial charge in [-0.3, -0.25) is 0 Å². The molecule has 1 aliphatic rings. The van der Waals surface area contributed by atoms with Gasteiger partial charge in [0.1, 0.15) is 5.75 Å². The Hall–Kier alpha value is -0.210. The van der Waals surface area contributed by atoms with Gasteiger partial charge in [0, 0.05) is 4.47 Å².